The second kappa shape index (κ2) is 10.1. The first-order valence-corrected chi connectivity index (χ1v) is 12.4. The van der Waals surface area contributed by atoms with Gasteiger partial charge in [-0.2, -0.15) is 0 Å². The molecule has 1 fully saturated rings. The number of nitrogens with one attached hydrogen (secondary N) is 1. The van der Waals surface area contributed by atoms with Crippen molar-refractivity contribution in [1.82, 2.24) is 14.5 Å². The third-order valence-corrected chi connectivity index (χ3v) is 7.07. The van der Waals surface area contributed by atoms with Crippen LogP contribution >= 0.6 is 0 Å². The molecule has 0 aliphatic carbocycles. The number of para-hydroxylation sites is 2. The standard InChI is InChI=1S/C28H31N3O4/c32-15-7-5-13-30-17-21(19-9-1-3-11-23(19)30)25-26(28(35)29-27(25)34)22-18-31(14-6-8-16-33)24-12-4-2-10-20(22)24/h1-4,9-12,17-18,25-26,32-33H,5-8,13-16H2,(H,29,34,35). The molecule has 0 saturated carbocycles. The van der Waals surface area contributed by atoms with Gasteiger partial charge in [-0.25, -0.2) is 0 Å². The van der Waals surface area contributed by atoms with Crippen molar-refractivity contribution < 1.29 is 19.8 Å². The zero-order chi connectivity index (χ0) is 24.4. The van der Waals surface area contributed by atoms with Gasteiger partial charge in [0.25, 0.3) is 0 Å². The summed E-state index contributed by atoms with van der Waals surface area (Å²) in [5.41, 5.74) is 3.76. The Morgan fingerprint density at radius 1 is 0.657 bits per heavy atom. The molecule has 0 bridgehead atoms. The number of carbonyl (C=O) groups excluding carboxylic acids is 2. The molecule has 2 aromatic heterocycles. The molecule has 3 N–H and O–H groups in total. The van der Waals surface area contributed by atoms with Gasteiger partial charge in [0.1, 0.15) is 0 Å². The van der Waals surface area contributed by atoms with Crippen molar-refractivity contribution in [2.24, 2.45) is 0 Å². The summed E-state index contributed by atoms with van der Waals surface area (Å²) in [6.45, 7) is 1.77. The summed E-state index contributed by atoms with van der Waals surface area (Å²) in [5.74, 6) is -1.78. The Labute approximate surface area is 204 Å². The number of aliphatic hydroxyl groups is 2. The second-order valence-electron chi connectivity index (χ2n) is 9.26. The van der Waals surface area contributed by atoms with Crippen molar-refractivity contribution in [2.75, 3.05) is 13.2 Å². The lowest BCUT2D eigenvalue weighted by atomic mass is 9.83. The number of imide groups is 1. The highest BCUT2D eigenvalue weighted by molar-refractivity contribution is 6.13. The zero-order valence-corrected chi connectivity index (χ0v) is 19.7. The number of aryl methyl sites for hydroxylation is 2. The number of aliphatic hydroxyl groups excluding tert-OH is 2. The van der Waals surface area contributed by atoms with E-state index in [1.54, 1.807) is 0 Å². The van der Waals surface area contributed by atoms with E-state index >= 15 is 0 Å². The van der Waals surface area contributed by atoms with E-state index in [4.69, 9.17) is 0 Å². The molecule has 3 heterocycles. The first kappa shape index (κ1) is 23.3. The Balaban J connectivity index is 1.60. The molecule has 4 aromatic rings. The van der Waals surface area contributed by atoms with Gasteiger partial charge in [0, 0.05) is 60.5 Å². The van der Waals surface area contributed by atoms with Crippen LogP contribution < -0.4 is 5.32 Å². The van der Waals surface area contributed by atoms with E-state index in [9.17, 15) is 19.8 Å². The molecule has 2 atom stereocenters. The fourth-order valence-electron chi connectivity index (χ4n) is 5.43. The van der Waals surface area contributed by atoms with E-state index in [1.165, 1.54) is 0 Å². The van der Waals surface area contributed by atoms with Crippen LogP contribution in [0.2, 0.25) is 0 Å². The van der Waals surface area contributed by atoms with Crippen LogP contribution in [0, 0.1) is 0 Å². The van der Waals surface area contributed by atoms with Gasteiger partial charge >= 0.3 is 0 Å². The van der Waals surface area contributed by atoms with E-state index in [0.29, 0.717) is 12.8 Å². The van der Waals surface area contributed by atoms with Crippen molar-refractivity contribution in [2.45, 2.75) is 50.6 Å². The van der Waals surface area contributed by atoms with E-state index in [1.807, 2.05) is 60.9 Å². The summed E-state index contributed by atoms with van der Waals surface area (Å²) >= 11 is 0. The molecular formula is C28H31N3O4. The van der Waals surface area contributed by atoms with E-state index in [2.05, 4.69) is 14.5 Å². The number of rotatable bonds is 10. The maximum absolute atomic E-state index is 13.2. The van der Waals surface area contributed by atoms with Crippen molar-refractivity contribution >= 4 is 33.6 Å². The summed E-state index contributed by atoms with van der Waals surface area (Å²) in [6.07, 6.45) is 7.10. The third-order valence-electron chi connectivity index (χ3n) is 7.07. The summed E-state index contributed by atoms with van der Waals surface area (Å²) in [7, 11) is 0. The van der Waals surface area contributed by atoms with E-state index < -0.39 is 11.8 Å². The van der Waals surface area contributed by atoms with Gasteiger partial charge in [-0.1, -0.05) is 36.4 Å². The highest BCUT2D eigenvalue weighted by Gasteiger charge is 2.45. The molecule has 35 heavy (non-hydrogen) atoms. The molecule has 2 amide bonds. The Morgan fingerprint density at radius 3 is 1.51 bits per heavy atom. The summed E-state index contributed by atoms with van der Waals surface area (Å²) in [5, 5.41) is 23.0. The monoisotopic (exact) mass is 473 g/mol. The Kier molecular flexibility index (Phi) is 6.70. The smallest absolute Gasteiger partial charge is 0.235 e. The minimum Gasteiger partial charge on any atom is -0.396 e. The molecule has 1 aliphatic rings. The molecule has 7 nitrogen and oxygen atoms in total. The van der Waals surface area contributed by atoms with Crippen LogP contribution in [-0.4, -0.2) is 44.4 Å². The summed E-state index contributed by atoms with van der Waals surface area (Å²) in [6, 6.07) is 16.0. The van der Waals surface area contributed by atoms with Gasteiger partial charge in [0.2, 0.25) is 11.8 Å². The Hall–Kier alpha value is -3.42. The number of nitrogens with zero attached hydrogens (tertiary/aromatic N) is 2. The lowest BCUT2D eigenvalue weighted by molar-refractivity contribution is -0.125. The van der Waals surface area contributed by atoms with Gasteiger partial charge in [0.05, 0.1) is 11.8 Å². The van der Waals surface area contributed by atoms with E-state index in [-0.39, 0.29) is 25.0 Å². The fraction of sp³-hybridized carbons (Fsp3) is 0.357. The SMILES string of the molecule is O=C1NC(=O)C(c2cn(CCCCO)c3ccccc23)C1c1cn(CCCCO)c2ccccc12. The fourth-order valence-corrected chi connectivity index (χ4v) is 5.43. The van der Waals surface area contributed by atoms with Crippen molar-refractivity contribution in [3.8, 4) is 0 Å². The second-order valence-corrected chi connectivity index (χ2v) is 9.26. The van der Waals surface area contributed by atoms with Crippen molar-refractivity contribution in [3.05, 3.63) is 72.1 Å². The van der Waals surface area contributed by atoms with Gasteiger partial charge in [-0.15, -0.1) is 0 Å². The molecule has 2 unspecified atom stereocenters. The van der Waals surface area contributed by atoms with Crippen LogP contribution in [0.1, 0.15) is 48.6 Å². The molecular weight excluding hydrogens is 442 g/mol. The van der Waals surface area contributed by atoms with Crippen molar-refractivity contribution in [1.29, 1.82) is 0 Å². The number of fused-ring (bicyclic) bond motifs is 2. The Bertz CT molecular complexity index is 1270. The van der Waals surface area contributed by atoms with Crippen LogP contribution in [0.4, 0.5) is 0 Å². The molecule has 0 radical (unpaired) electrons. The lowest BCUT2D eigenvalue weighted by Gasteiger charge is -2.15. The van der Waals surface area contributed by atoms with Crippen molar-refractivity contribution in [3.63, 3.8) is 0 Å². The number of carbonyl (C=O) groups is 2. The number of benzene rings is 2. The molecule has 5 rings (SSSR count). The number of hydrogen-bond acceptors (Lipinski definition) is 4. The molecule has 2 aromatic carbocycles. The first-order valence-electron chi connectivity index (χ1n) is 12.4. The Morgan fingerprint density at radius 2 is 1.09 bits per heavy atom. The van der Waals surface area contributed by atoms with Gasteiger partial charge < -0.3 is 19.3 Å². The van der Waals surface area contributed by atoms with Crippen LogP contribution in [-0.2, 0) is 22.7 Å². The number of amides is 2. The number of aromatic nitrogens is 2. The number of unbranched alkanes of at least 4 members (excludes halogenated alkanes) is 2. The average molecular weight is 474 g/mol. The molecule has 1 aliphatic heterocycles. The van der Waals surface area contributed by atoms with Gasteiger partial charge in [-0.3, -0.25) is 14.9 Å². The van der Waals surface area contributed by atoms with Crippen LogP contribution in [0.3, 0.4) is 0 Å². The highest BCUT2D eigenvalue weighted by atomic mass is 16.3. The number of hydrogen-bond donors (Lipinski definition) is 3. The van der Waals surface area contributed by atoms with Crippen LogP contribution in [0.15, 0.2) is 60.9 Å². The van der Waals surface area contributed by atoms with E-state index in [0.717, 1.165) is 58.9 Å². The predicted molar refractivity (Wildman–Crippen MR) is 135 cm³/mol. The maximum atomic E-state index is 13.2. The lowest BCUT2D eigenvalue weighted by Crippen LogP contribution is -2.21. The third kappa shape index (κ3) is 4.26. The zero-order valence-electron chi connectivity index (χ0n) is 19.7. The van der Waals surface area contributed by atoms with Gasteiger partial charge in [-0.05, 0) is 48.9 Å². The minimum absolute atomic E-state index is 0.149. The topological polar surface area (TPSA) is 96.5 Å². The first-order chi connectivity index (χ1) is 17.1. The molecule has 182 valence electrons. The molecule has 0 spiro atoms. The largest absolute Gasteiger partial charge is 0.396 e. The maximum Gasteiger partial charge on any atom is 0.235 e. The molecule has 1 saturated heterocycles. The summed E-state index contributed by atoms with van der Waals surface area (Å²) in [4.78, 5) is 26.5. The summed E-state index contributed by atoms with van der Waals surface area (Å²) < 4.78 is 4.26. The molecule has 7 heteroatoms. The van der Waals surface area contributed by atoms with Gasteiger partial charge in [0.15, 0.2) is 0 Å². The minimum atomic E-state index is -0.622. The highest BCUT2D eigenvalue weighted by Crippen LogP contribution is 2.43. The normalized spacial score (nSPS) is 18.1. The quantitative estimate of drug-likeness (QED) is 0.242. The van der Waals surface area contributed by atoms with Crippen LogP contribution in [0.25, 0.3) is 21.8 Å². The predicted octanol–water partition coefficient (Wildman–Crippen LogP) is 3.66. The van der Waals surface area contributed by atoms with Crippen LogP contribution in [0.5, 0.6) is 0 Å². The average Bonchev–Trinajstić information content (AvgIpc) is 3.50.